The van der Waals surface area contributed by atoms with Crippen molar-refractivity contribution < 1.29 is 19.0 Å². The van der Waals surface area contributed by atoms with E-state index in [4.69, 9.17) is 4.74 Å². The molecule has 1 aliphatic rings. The van der Waals surface area contributed by atoms with Gasteiger partial charge in [0.2, 0.25) is 5.91 Å². The Morgan fingerprint density at radius 2 is 2.37 bits per heavy atom. The number of fused-ring (bicyclic) bond motifs is 1. The zero-order valence-electron chi connectivity index (χ0n) is 10.9. The van der Waals surface area contributed by atoms with Crippen LogP contribution >= 0.6 is 0 Å². The SMILES string of the molecule is CCCC(=O)NC1CCOc2c(F)cccc2C1O. The molecule has 2 rings (SSSR count). The third kappa shape index (κ3) is 3.04. The van der Waals surface area contributed by atoms with Crippen LogP contribution in [0.25, 0.3) is 0 Å². The molecule has 0 radical (unpaired) electrons. The van der Waals surface area contributed by atoms with E-state index in [9.17, 15) is 14.3 Å². The molecule has 0 aliphatic carbocycles. The molecule has 1 amide bonds. The zero-order valence-corrected chi connectivity index (χ0v) is 10.9. The molecule has 2 unspecified atom stereocenters. The molecule has 0 saturated carbocycles. The van der Waals surface area contributed by atoms with Crippen LogP contribution in [0, 0.1) is 5.82 Å². The summed E-state index contributed by atoms with van der Waals surface area (Å²) in [6.07, 6.45) is 0.662. The maximum Gasteiger partial charge on any atom is 0.220 e. The molecular weight excluding hydrogens is 249 g/mol. The van der Waals surface area contributed by atoms with Gasteiger partial charge in [-0.05, 0) is 12.5 Å². The number of carbonyl (C=O) groups is 1. The highest BCUT2D eigenvalue weighted by Gasteiger charge is 2.29. The molecule has 1 aromatic rings. The number of para-hydroxylation sites is 1. The van der Waals surface area contributed by atoms with E-state index in [1.54, 1.807) is 6.07 Å². The lowest BCUT2D eigenvalue weighted by Gasteiger charge is -2.21. The smallest absolute Gasteiger partial charge is 0.220 e. The molecule has 0 bridgehead atoms. The number of hydrogen-bond acceptors (Lipinski definition) is 3. The van der Waals surface area contributed by atoms with Gasteiger partial charge in [0.1, 0.15) is 6.10 Å². The minimum Gasteiger partial charge on any atom is -0.490 e. The Hall–Kier alpha value is -1.62. The second-order valence-corrected chi connectivity index (χ2v) is 4.66. The van der Waals surface area contributed by atoms with E-state index in [1.807, 2.05) is 6.92 Å². The average molecular weight is 267 g/mol. The van der Waals surface area contributed by atoms with Crippen LogP contribution in [-0.2, 0) is 4.79 Å². The number of benzene rings is 1. The van der Waals surface area contributed by atoms with E-state index in [0.717, 1.165) is 6.42 Å². The van der Waals surface area contributed by atoms with E-state index in [2.05, 4.69) is 5.32 Å². The summed E-state index contributed by atoms with van der Waals surface area (Å²) in [5.74, 6) is -0.509. The van der Waals surface area contributed by atoms with Crippen molar-refractivity contribution in [3.63, 3.8) is 0 Å². The van der Waals surface area contributed by atoms with Gasteiger partial charge >= 0.3 is 0 Å². The summed E-state index contributed by atoms with van der Waals surface area (Å²) in [5.41, 5.74) is 0.388. The zero-order chi connectivity index (χ0) is 13.8. The second-order valence-electron chi connectivity index (χ2n) is 4.66. The minimum absolute atomic E-state index is 0.0854. The average Bonchev–Trinajstić information content (AvgIpc) is 2.53. The van der Waals surface area contributed by atoms with Gasteiger partial charge in [0.15, 0.2) is 11.6 Å². The lowest BCUT2D eigenvalue weighted by Crippen LogP contribution is -2.39. The highest BCUT2D eigenvalue weighted by atomic mass is 19.1. The number of halogens is 1. The summed E-state index contributed by atoms with van der Waals surface area (Å²) < 4.78 is 18.9. The Morgan fingerprint density at radius 3 is 3.11 bits per heavy atom. The molecule has 1 aromatic carbocycles. The highest BCUT2D eigenvalue weighted by Crippen LogP contribution is 2.33. The first-order chi connectivity index (χ1) is 9.13. The van der Waals surface area contributed by atoms with Gasteiger partial charge in [0, 0.05) is 18.4 Å². The number of nitrogens with one attached hydrogen (secondary N) is 1. The fourth-order valence-electron chi connectivity index (χ4n) is 2.23. The third-order valence-electron chi connectivity index (χ3n) is 3.20. The van der Waals surface area contributed by atoms with E-state index in [1.165, 1.54) is 12.1 Å². The molecule has 0 spiro atoms. The van der Waals surface area contributed by atoms with Gasteiger partial charge in [-0.25, -0.2) is 4.39 Å². The van der Waals surface area contributed by atoms with Crippen molar-refractivity contribution in [3.8, 4) is 5.75 Å². The molecule has 0 saturated heterocycles. The van der Waals surface area contributed by atoms with Crippen molar-refractivity contribution in [1.82, 2.24) is 5.32 Å². The molecule has 104 valence electrons. The third-order valence-corrected chi connectivity index (χ3v) is 3.20. The van der Waals surface area contributed by atoms with E-state index >= 15 is 0 Å². The van der Waals surface area contributed by atoms with Crippen LogP contribution in [-0.4, -0.2) is 23.7 Å². The Balaban J connectivity index is 2.19. The van der Waals surface area contributed by atoms with Crippen LogP contribution in [0.2, 0.25) is 0 Å². The number of ether oxygens (including phenoxy) is 1. The second kappa shape index (κ2) is 6.02. The number of hydrogen-bond donors (Lipinski definition) is 2. The molecule has 19 heavy (non-hydrogen) atoms. The molecule has 2 atom stereocenters. The van der Waals surface area contributed by atoms with Gasteiger partial charge in [0.25, 0.3) is 0 Å². The number of aliphatic hydroxyl groups is 1. The minimum atomic E-state index is -0.950. The Bertz CT molecular complexity index is 464. The Morgan fingerprint density at radius 1 is 1.58 bits per heavy atom. The van der Waals surface area contributed by atoms with Crippen molar-refractivity contribution >= 4 is 5.91 Å². The summed E-state index contributed by atoms with van der Waals surface area (Å²) in [6, 6.07) is 3.99. The predicted molar refractivity (Wildman–Crippen MR) is 68.3 cm³/mol. The van der Waals surface area contributed by atoms with Gasteiger partial charge in [-0.3, -0.25) is 4.79 Å². The van der Waals surface area contributed by atoms with Crippen molar-refractivity contribution in [3.05, 3.63) is 29.6 Å². The largest absolute Gasteiger partial charge is 0.490 e. The monoisotopic (exact) mass is 267 g/mol. The summed E-state index contributed by atoms with van der Waals surface area (Å²) in [4.78, 5) is 11.6. The summed E-state index contributed by atoms with van der Waals surface area (Å²) in [6.45, 7) is 2.18. The van der Waals surface area contributed by atoms with E-state index in [0.29, 0.717) is 18.4 Å². The van der Waals surface area contributed by atoms with Crippen LogP contribution < -0.4 is 10.1 Å². The fraction of sp³-hybridized carbons (Fsp3) is 0.500. The lowest BCUT2D eigenvalue weighted by atomic mass is 10.00. The van der Waals surface area contributed by atoms with Gasteiger partial charge in [-0.2, -0.15) is 0 Å². The molecule has 0 fully saturated rings. The van der Waals surface area contributed by atoms with Crippen molar-refractivity contribution in [2.75, 3.05) is 6.61 Å². The first-order valence-electron chi connectivity index (χ1n) is 6.52. The quantitative estimate of drug-likeness (QED) is 0.879. The Labute approximate surface area is 111 Å². The maximum absolute atomic E-state index is 13.6. The van der Waals surface area contributed by atoms with Gasteiger partial charge in [-0.15, -0.1) is 0 Å². The topological polar surface area (TPSA) is 58.6 Å². The van der Waals surface area contributed by atoms with Gasteiger partial charge < -0.3 is 15.2 Å². The fourth-order valence-corrected chi connectivity index (χ4v) is 2.23. The number of aliphatic hydroxyl groups excluding tert-OH is 1. The van der Waals surface area contributed by atoms with Gasteiger partial charge in [0.05, 0.1) is 12.6 Å². The van der Waals surface area contributed by atoms with E-state index < -0.39 is 18.0 Å². The van der Waals surface area contributed by atoms with Crippen LogP contribution in [0.1, 0.15) is 37.9 Å². The molecule has 1 aliphatic heterocycles. The molecule has 4 nitrogen and oxygen atoms in total. The normalized spacial score (nSPS) is 22.1. The first-order valence-corrected chi connectivity index (χ1v) is 6.52. The lowest BCUT2D eigenvalue weighted by molar-refractivity contribution is -0.122. The molecule has 2 N–H and O–H groups in total. The van der Waals surface area contributed by atoms with Crippen LogP contribution in [0.3, 0.4) is 0 Å². The van der Waals surface area contributed by atoms with Crippen LogP contribution in [0.5, 0.6) is 5.75 Å². The summed E-state index contributed by atoms with van der Waals surface area (Å²) in [7, 11) is 0. The van der Waals surface area contributed by atoms with E-state index in [-0.39, 0.29) is 18.3 Å². The van der Waals surface area contributed by atoms with Crippen molar-refractivity contribution in [2.45, 2.75) is 38.3 Å². The first kappa shape index (κ1) is 13.8. The maximum atomic E-state index is 13.6. The Kier molecular flexibility index (Phi) is 4.37. The number of amides is 1. The molecule has 0 aromatic heterocycles. The molecular formula is C14H18FNO3. The van der Waals surface area contributed by atoms with Crippen molar-refractivity contribution in [1.29, 1.82) is 0 Å². The van der Waals surface area contributed by atoms with Gasteiger partial charge in [-0.1, -0.05) is 19.1 Å². The highest BCUT2D eigenvalue weighted by molar-refractivity contribution is 5.76. The van der Waals surface area contributed by atoms with Crippen LogP contribution in [0.15, 0.2) is 18.2 Å². The summed E-state index contributed by atoms with van der Waals surface area (Å²) >= 11 is 0. The predicted octanol–water partition coefficient (Wildman–Crippen LogP) is 1.93. The van der Waals surface area contributed by atoms with Crippen LogP contribution in [0.4, 0.5) is 4.39 Å². The molecule has 1 heterocycles. The molecule has 5 heteroatoms. The standard InChI is InChI=1S/C14H18FNO3/c1-2-4-12(17)16-11-7-8-19-14-9(13(11)18)5-3-6-10(14)15/h3,5-6,11,13,18H,2,4,7-8H2,1H3,(H,16,17). The van der Waals surface area contributed by atoms with Crippen molar-refractivity contribution in [2.24, 2.45) is 0 Å². The number of carbonyl (C=O) groups excluding carboxylic acids is 1. The number of rotatable bonds is 3. The summed E-state index contributed by atoms with van der Waals surface area (Å²) in [5, 5.41) is 13.1.